The van der Waals surface area contributed by atoms with Crippen molar-refractivity contribution >= 4 is 11.6 Å². The molecule has 1 saturated heterocycles. The summed E-state index contributed by atoms with van der Waals surface area (Å²) in [7, 11) is 1.52. The lowest BCUT2D eigenvalue weighted by atomic mass is 9.99. The highest BCUT2D eigenvalue weighted by molar-refractivity contribution is 6.00. The number of carbonyl (C=O) groups is 1. The first-order valence-electron chi connectivity index (χ1n) is 6.24. The molecule has 5 nitrogen and oxygen atoms in total. The highest BCUT2D eigenvalue weighted by Crippen LogP contribution is 2.29. The molecular weight excluding hydrogens is 242 g/mol. The molecule has 1 aromatic rings. The van der Waals surface area contributed by atoms with Crippen molar-refractivity contribution in [1.29, 1.82) is 5.26 Å². The third-order valence-corrected chi connectivity index (χ3v) is 3.47. The van der Waals surface area contributed by atoms with Crippen molar-refractivity contribution in [3.05, 3.63) is 23.8 Å². The second kappa shape index (κ2) is 5.29. The SMILES string of the molecule is COc1cccc(C#N)c1NC(=O)C1(C)CCCN1. The van der Waals surface area contributed by atoms with Gasteiger partial charge in [0.1, 0.15) is 17.5 Å². The van der Waals surface area contributed by atoms with Crippen molar-refractivity contribution in [1.82, 2.24) is 5.32 Å². The second-order valence-electron chi connectivity index (χ2n) is 4.81. The highest BCUT2D eigenvalue weighted by Gasteiger charge is 2.36. The lowest BCUT2D eigenvalue weighted by Crippen LogP contribution is -2.48. The molecule has 1 amide bonds. The van der Waals surface area contributed by atoms with Crippen LogP contribution in [0.1, 0.15) is 25.3 Å². The molecule has 0 radical (unpaired) electrons. The molecular formula is C14H17N3O2. The van der Waals surface area contributed by atoms with Crippen LogP contribution < -0.4 is 15.4 Å². The average Bonchev–Trinajstić information content (AvgIpc) is 2.87. The van der Waals surface area contributed by atoms with Crippen molar-refractivity contribution < 1.29 is 9.53 Å². The normalized spacial score (nSPS) is 21.7. The Hall–Kier alpha value is -2.06. The van der Waals surface area contributed by atoms with Gasteiger partial charge in [-0.05, 0) is 38.4 Å². The van der Waals surface area contributed by atoms with Crippen LogP contribution in [0.2, 0.25) is 0 Å². The molecule has 2 rings (SSSR count). The van der Waals surface area contributed by atoms with Crippen molar-refractivity contribution in [3.8, 4) is 11.8 Å². The largest absolute Gasteiger partial charge is 0.495 e. The van der Waals surface area contributed by atoms with Gasteiger partial charge in [0.15, 0.2) is 0 Å². The summed E-state index contributed by atoms with van der Waals surface area (Å²) in [5, 5.41) is 15.1. The molecule has 5 heteroatoms. The average molecular weight is 259 g/mol. The van der Waals surface area contributed by atoms with E-state index in [1.807, 2.05) is 6.92 Å². The number of nitrogens with one attached hydrogen (secondary N) is 2. The fraction of sp³-hybridized carbons (Fsp3) is 0.429. The fourth-order valence-electron chi connectivity index (χ4n) is 2.26. The summed E-state index contributed by atoms with van der Waals surface area (Å²) >= 11 is 0. The van der Waals surface area contributed by atoms with Gasteiger partial charge in [-0.1, -0.05) is 6.07 Å². The van der Waals surface area contributed by atoms with Gasteiger partial charge < -0.3 is 15.4 Å². The van der Waals surface area contributed by atoms with Crippen LogP contribution >= 0.6 is 0 Å². The number of benzene rings is 1. The quantitative estimate of drug-likeness (QED) is 0.865. The van der Waals surface area contributed by atoms with Crippen LogP contribution in [0.5, 0.6) is 5.75 Å². The van der Waals surface area contributed by atoms with E-state index in [0.29, 0.717) is 17.0 Å². The third-order valence-electron chi connectivity index (χ3n) is 3.47. The fourth-order valence-corrected chi connectivity index (χ4v) is 2.26. The van der Waals surface area contributed by atoms with Crippen LogP contribution in [0, 0.1) is 11.3 Å². The second-order valence-corrected chi connectivity index (χ2v) is 4.81. The molecule has 0 aromatic heterocycles. The van der Waals surface area contributed by atoms with E-state index in [2.05, 4.69) is 16.7 Å². The van der Waals surface area contributed by atoms with Crippen molar-refractivity contribution in [2.24, 2.45) is 0 Å². The number of carbonyl (C=O) groups excluding carboxylic acids is 1. The first kappa shape index (κ1) is 13.4. The number of nitriles is 1. The zero-order valence-electron chi connectivity index (χ0n) is 11.1. The molecule has 1 aliphatic heterocycles. The Morgan fingerprint density at radius 1 is 1.58 bits per heavy atom. The molecule has 0 aliphatic carbocycles. The number of rotatable bonds is 3. The van der Waals surface area contributed by atoms with Gasteiger partial charge in [-0.25, -0.2) is 0 Å². The van der Waals surface area contributed by atoms with Gasteiger partial charge in [0.05, 0.1) is 18.2 Å². The van der Waals surface area contributed by atoms with E-state index in [1.54, 1.807) is 18.2 Å². The van der Waals surface area contributed by atoms with E-state index in [4.69, 9.17) is 10.00 Å². The summed E-state index contributed by atoms with van der Waals surface area (Å²) in [5.74, 6) is 0.361. The Kier molecular flexibility index (Phi) is 3.72. The number of methoxy groups -OCH3 is 1. The molecule has 1 aromatic carbocycles. The molecule has 1 aliphatic rings. The summed E-state index contributed by atoms with van der Waals surface area (Å²) in [5.41, 5.74) is 0.259. The van der Waals surface area contributed by atoms with E-state index < -0.39 is 5.54 Å². The minimum atomic E-state index is -0.576. The minimum Gasteiger partial charge on any atom is -0.495 e. The van der Waals surface area contributed by atoms with E-state index in [-0.39, 0.29) is 5.91 Å². The summed E-state index contributed by atoms with van der Waals surface area (Å²) in [6, 6.07) is 7.17. The molecule has 19 heavy (non-hydrogen) atoms. The third kappa shape index (κ3) is 2.54. The zero-order valence-corrected chi connectivity index (χ0v) is 11.1. The lowest BCUT2D eigenvalue weighted by Gasteiger charge is -2.24. The first-order valence-corrected chi connectivity index (χ1v) is 6.24. The molecule has 1 fully saturated rings. The van der Waals surface area contributed by atoms with Crippen LogP contribution in [-0.2, 0) is 4.79 Å². The number of hydrogen-bond acceptors (Lipinski definition) is 4. The number of anilines is 1. The highest BCUT2D eigenvalue weighted by atomic mass is 16.5. The van der Waals surface area contributed by atoms with Crippen LogP contribution in [0.25, 0.3) is 0 Å². The minimum absolute atomic E-state index is 0.133. The topological polar surface area (TPSA) is 74.1 Å². The Morgan fingerprint density at radius 2 is 2.37 bits per heavy atom. The van der Waals surface area contributed by atoms with E-state index in [1.165, 1.54) is 7.11 Å². The maximum absolute atomic E-state index is 12.3. The number of nitrogens with zero attached hydrogens (tertiary/aromatic N) is 1. The Bertz CT molecular complexity index is 528. The van der Waals surface area contributed by atoms with E-state index >= 15 is 0 Å². The van der Waals surface area contributed by atoms with Crippen molar-refractivity contribution in [3.63, 3.8) is 0 Å². The molecule has 2 N–H and O–H groups in total. The zero-order chi connectivity index (χ0) is 13.9. The Morgan fingerprint density at radius 3 is 2.95 bits per heavy atom. The molecule has 1 heterocycles. The van der Waals surface area contributed by atoms with Gasteiger partial charge >= 0.3 is 0 Å². The molecule has 0 spiro atoms. The van der Waals surface area contributed by atoms with Gasteiger partial charge in [0.2, 0.25) is 5.91 Å². The summed E-state index contributed by atoms with van der Waals surface area (Å²) in [6.45, 7) is 2.71. The summed E-state index contributed by atoms with van der Waals surface area (Å²) < 4.78 is 5.20. The Balaban J connectivity index is 2.28. The molecule has 100 valence electrons. The van der Waals surface area contributed by atoms with Gasteiger partial charge in [-0.15, -0.1) is 0 Å². The molecule has 0 saturated carbocycles. The predicted octanol–water partition coefficient (Wildman–Crippen LogP) is 1.65. The first-order chi connectivity index (χ1) is 9.10. The predicted molar refractivity (Wildman–Crippen MR) is 72.0 cm³/mol. The maximum atomic E-state index is 12.3. The monoisotopic (exact) mass is 259 g/mol. The van der Waals surface area contributed by atoms with Crippen LogP contribution in [0.3, 0.4) is 0 Å². The van der Waals surface area contributed by atoms with Gasteiger partial charge in [0, 0.05) is 0 Å². The Labute approximate surface area is 112 Å². The van der Waals surface area contributed by atoms with Crippen molar-refractivity contribution in [2.75, 3.05) is 19.0 Å². The van der Waals surface area contributed by atoms with Crippen molar-refractivity contribution in [2.45, 2.75) is 25.3 Å². The molecule has 0 bridgehead atoms. The number of para-hydroxylation sites is 1. The van der Waals surface area contributed by atoms with Crippen LogP contribution in [0.4, 0.5) is 5.69 Å². The van der Waals surface area contributed by atoms with Gasteiger partial charge in [-0.2, -0.15) is 5.26 Å². The summed E-state index contributed by atoms with van der Waals surface area (Å²) in [6.07, 6.45) is 1.76. The summed E-state index contributed by atoms with van der Waals surface area (Å²) in [4.78, 5) is 12.3. The van der Waals surface area contributed by atoms with E-state index in [9.17, 15) is 4.79 Å². The number of amides is 1. The number of hydrogen-bond donors (Lipinski definition) is 2. The maximum Gasteiger partial charge on any atom is 0.244 e. The number of ether oxygens (including phenoxy) is 1. The molecule has 1 unspecified atom stereocenters. The smallest absolute Gasteiger partial charge is 0.244 e. The van der Waals surface area contributed by atoms with Crippen LogP contribution in [0.15, 0.2) is 18.2 Å². The van der Waals surface area contributed by atoms with Crippen LogP contribution in [-0.4, -0.2) is 25.1 Å². The molecule has 1 atom stereocenters. The van der Waals surface area contributed by atoms with Gasteiger partial charge in [-0.3, -0.25) is 4.79 Å². The lowest BCUT2D eigenvalue weighted by molar-refractivity contribution is -0.121. The van der Waals surface area contributed by atoms with Gasteiger partial charge in [0.25, 0.3) is 0 Å². The van der Waals surface area contributed by atoms with E-state index in [0.717, 1.165) is 19.4 Å². The standard InChI is InChI=1S/C14H17N3O2/c1-14(7-4-8-16-14)13(18)17-12-10(9-15)5-3-6-11(12)19-2/h3,5-6,16H,4,7-8H2,1-2H3,(H,17,18).